The predicted octanol–water partition coefficient (Wildman–Crippen LogP) is 1.78. The third-order valence-electron chi connectivity index (χ3n) is 4.67. The van der Waals surface area contributed by atoms with E-state index in [4.69, 9.17) is 29.4 Å². The molecule has 10 heteroatoms. The second-order valence-corrected chi connectivity index (χ2v) is 7.53. The number of nitrogens with two attached hydrogens (primary N) is 1. The van der Waals surface area contributed by atoms with Crippen molar-refractivity contribution in [1.82, 2.24) is 10.6 Å². The molecule has 0 aliphatic carbocycles. The Bertz CT molecular complexity index is 744. The Balaban J connectivity index is 1.87. The summed E-state index contributed by atoms with van der Waals surface area (Å²) in [6.07, 6.45) is 5.64. The summed E-state index contributed by atoms with van der Waals surface area (Å²) >= 11 is 0. The minimum Gasteiger partial charge on any atom is -0.495 e. The number of carbonyl (C=O) groups is 2. The van der Waals surface area contributed by atoms with E-state index in [0.717, 1.165) is 18.4 Å². The van der Waals surface area contributed by atoms with E-state index >= 15 is 0 Å². The fraction of sp³-hybridized carbons (Fsp3) is 0.600. The SMILES string of the molecule is CCCCC(=O)NCCOCCOCCOCCOCCNC(=O)/C=C/c1ccc(N)c(OC)c1. The van der Waals surface area contributed by atoms with Gasteiger partial charge in [0.1, 0.15) is 5.75 Å². The first-order valence-electron chi connectivity index (χ1n) is 12.0. The molecule has 0 heterocycles. The third kappa shape index (κ3) is 16.6. The molecular weight excluding hydrogens is 454 g/mol. The molecular formula is C25H41N3O7. The predicted molar refractivity (Wildman–Crippen MR) is 135 cm³/mol. The molecule has 0 aromatic heterocycles. The molecule has 1 aromatic rings. The Morgan fingerprint density at radius 1 is 0.886 bits per heavy atom. The highest BCUT2D eigenvalue weighted by Crippen LogP contribution is 2.22. The average molecular weight is 496 g/mol. The number of anilines is 1. The molecule has 0 bridgehead atoms. The molecule has 0 saturated carbocycles. The van der Waals surface area contributed by atoms with Crippen molar-refractivity contribution >= 4 is 23.6 Å². The van der Waals surface area contributed by atoms with E-state index in [1.165, 1.54) is 6.08 Å². The molecule has 0 atom stereocenters. The molecule has 35 heavy (non-hydrogen) atoms. The van der Waals surface area contributed by atoms with Gasteiger partial charge in [-0.05, 0) is 30.2 Å². The van der Waals surface area contributed by atoms with Gasteiger partial charge in [-0.2, -0.15) is 0 Å². The third-order valence-corrected chi connectivity index (χ3v) is 4.67. The maximum absolute atomic E-state index is 11.9. The Hall–Kier alpha value is -2.66. The summed E-state index contributed by atoms with van der Waals surface area (Å²) in [7, 11) is 1.55. The fourth-order valence-corrected chi connectivity index (χ4v) is 2.76. The van der Waals surface area contributed by atoms with E-state index in [1.54, 1.807) is 25.3 Å². The summed E-state index contributed by atoms with van der Waals surface area (Å²) in [5.74, 6) is 0.431. The van der Waals surface area contributed by atoms with E-state index in [9.17, 15) is 9.59 Å². The van der Waals surface area contributed by atoms with Gasteiger partial charge in [0.25, 0.3) is 0 Å². The Kier molecular flexibility index (Phi) is 18.0. The van der Waals surface area contributed by atoms with Gasteiger partial charge in [0.15, 0.2) is 0 Å². The van der Waals surface area contributed by atoms with Crippen molar-refractivity contribution in [3.8, 4) is 5.75 Å². The lowest BCUT2D eigenvalue weighted by molar-refractivity contribution is -0.121. The van der Waals surface area contributed by atoms with Gasteiger partial charge in [-0.3, -0.25) is 9.59 Å². The highest BCUT2D eigenvalue weighted by atomic mass is 16.6. The number of methoxy groups -OCH3 is 1. The minimum absolute atomic E-state index is 0.0711. The minimum atomic E-state index is -0.210. The topological polar surface area (TPSA) is 130 Å². The van der Waals surface area contributed by atoms with Gasteiger partial charge in [0.05, 0.1) is 65.7 Å². The largest absolute Gasteiger partial charge is 0.495 e. The lowest BCUT2D eigenvalue weighted by Crippen LogP contribution is -2.27. The molecule has 0 aliphatic heterocycles. The zero-order valence-corrected chi connectivity index (χ0v) is 21.0. The molecule has 4 N–H and O–H groups in total. The normalized spacial score (nSPS) is 11.0. The Morgan fingerprint density at radius 3 is 2.03 bits per heavy atom. The summed E-state index contributed by atoms with van der Waals surface area (Å²) in [6.45, 7) is 6.62. The van der Waals surface area contributed by atoms with Crippen molar-refractivity contribution in [2.75, 3.05) is 78.8 Å². The molecule has 198 valence electrons. The van der Waals surface area contributed by atoms with Crippen LogP contribution in [0.1, 0.15) is 31.7 Å². The van der Waals surface area contributed by atoms with E-state index < -0.39 is 0 Å². The van der Waals surface area contributed by atoms with Crippen molar-refractivity contribution in [2.45, 2.75) is 26.2 Å². The van der Waals surface area contributed by atoms with Crippen LogP contribution in [0, 0.1) is 0 Å². The van der Waals surface area contributed by atoms with Gasteiger partial charge in [-0.1, -0.05) is 19.4 Å². The number of carbonyl (C=O) groups excluding carboxylic acids is 2. The van der Waals surface area contributed by atoms with Crippen LogP contribution in [0.15, 0.2) is 24.3 Å². The lowest BCUT2D eigenvalue weighted by Gasteiger charge is -2.08. The number of ether oxygens (including phenoxy) is 5. The standard InChI is InChI=1S/C25H41N3O7/c1-3-4-5-24(29)27-10-12-32-14-16-34-18-19-35-17-15-33-13-11-28-25(30)9-7-21-6-8-22(26)23(20-21)31-2/h6-9,20H,3-5,10-19,26H2,1-2H3,(H,27,29)(H,28,30)/b9-7+. The van der Waals surface area contributed by atoms with Gasteiger partial charge in [-0.15, -0.1) is 0 Å². The maximum atomic E-state index is 11.9. The highest BCUT2D eigenvalue weighted by Gasteiger charge is 2.01. The van der Waals surface area contributed by atoms with Crippen LogP contribution < -0.4 is 21.1 Å². The van der Waals surface area contributed by atoms with Gasteiger partial charge >= 0.3 is 0 Å². The van der Waals surface area contributed by atoms with Crippen molar-refractivity contribution < 1.29 is 33.3 Å². The van der Waals surface area contributed by atoms with Crippen molar-refractivity contribution in [3.63, 3.8) is 0 Å². The van der Waals surface area contributed by atoms with Gasteiger partial charge in [0, 0.05) is 25.6 Å². The summed E-state index contributed by atoms with van der Waals surface area (Å²) in [4.78, 5) is 23.3. The molecule has 10 nitrogen and oxygen atoms in total. The first-order valence-corrected chi connectivity index (χ1v) is 12.0. The first-order chi connectivity index (χ1) is 17.1. The molecule has 0 spiro atoms. The monoisotopic (exact) mass is 495 g/mol. The van der Waals surface area contributed by atoms with Crippen LogP contribution in [-0.4, -0.2) is 84.9 Å². The molecule has 1 aromatic carbocycles. The second kappa shape index (κ2) is 20.7. The van der Waals surface area contributed by atoms with E-state index in [0.29, 0.717) is 83.8 Å². The number of hydrogen-bond donors (Lipinski definition) is 3. The second-order valence-electron chi connectivity index (χ2n) is 7.53. The van der Waals surface area contributed by atoms with Crippen LogP contribution in [-0.2, 0) is 28.5 Å². The molecule has 2 amide bonds. The number of nitrogens with one attached hydrogen (secondary N) is 2. The number of benzene rings is 1. The van der Waals surface area contributed by atoms with Crippen LogP contribution >= 0.6 is 0 Å². The molecule has 0 unspecified atom stereocenters. The molecule has 0 aliphatic rings. The molecule has 0 fully saturated rings. The zero-order chi connectivity index (χ0) is 25.6. The van der Waals surface area contributed by atoms with E-state index in [-0.39, 0.29) is 11.8 Å². The van der Waals surface area contributed by atoms with Crippen molar-refractivity contribution in [1.29, 1.82) is 0 Å². The maximum Gasteiger partial charge on any atom is 0.244 e. The number of hydrogen-bond acceptors (Lipinski definition) is 8. The summed E-state index contributed by atoms with van der Waals surface area (Å²) in [5.41, 5.74) is 7.14. The van der Waals surface area contributed by atoms with Crippen LogP contribution in [0.2, 0.25) is 0 Å². The summed E-state index contributed by atoms with van der Waals surface area (Å²) in [5, 5.41) is 5.57. The summed E-state index contributed by atoms with van der Waals surface area (Å²) < 4.78 is 26.8. The van der Waals surface area contributed by atoms with Gasteiger partial charge in [0.2, 0.25) is 11.8 Å². The number of unbranched alkanes of at least 4 members (excludes halogenated alkanes) is 1. The number of nitrogen functional groups attached to an aromatic ring is 1. The molecule has 1 rings (SSSR count). The van der Waals surface area contributed by atoms with Crippen molar-refractivity contribution in [2.24, 2.45) is 0 Å². The molecule has 0 saturated heterocycles. The highest BCUT2D eigenvalue weighted by molar-refractivity contribution is 5.91. The van der Waals surface area contributed by atoms with E-state index in [1.807, 2.05) is 6.07 Å². The first kappa shape index (κ1) is 30.4. The molecule has 0 radical (unpaired) electrons. The fourth-order valence-electron chi connectivity index (χ4n) is 2.76. The van der Waals surface area contributed by atoms with E-state index in [2.05, 4.69) is 17.6 Å². The Morgan fingerprint density at radius 2 is 1.46 bits per heavy atom. The number of rotatable bonds is 21. The van der Waals surface area contributed by atoms with Crippen LogP contribution in [0.4, 0.5) is 5.69 Å². The average Bonchev–Trinajstić information content (AvgIpc) is 2.86. The van der Waals surface area contributed by atoms with Crippen molar-refractivity contribution in [3.05, 3.63) is 29.8 Å². The lowest BCUT2D eigenvalue weighted by atomic mass is 10.2. The zero-order valence-electron chi connectivity index (χ0n) is 21.0. The van der Waals surface area contributed by atoms with Gasteiger partial charge < -0.3 is 40.1 Å². The summed E-state index contributed by atoms with van der Waals surface area (Å²) in [6, 6.07) is 5.30. The van der Waals surface area contributed by atoms with Crippen LogP contribution in [0.25, 0.3) is 6.08 Å². The van der Waals surface area contributed by atoms with Crippen LogP contribution in [0.5, 0.6) is 5.75 Å². The van der Waals surface area contributed by atoms with Crippen LogP contribution in [0.3, 0.4) is 0 Å². The Labute approximate surface area is 208 Å². The number of amides is 2. The quantitative estimate of drug-likeness (QED) is 0.134. The smallest absolute Gasteiger partial charge is 0.244 e. The van der Waals surface area contributed by atoms with Gasteiger partial charge in [-0.25, -0.2) is 0 Å².